The predicted octanol–water partition coefficient (Wildman–Crippen LogP) is 2.41. The third kappa shape index (κ3) is 5.91. The average Bonchev–Trinajstić information content (AvgIpc) is 2.62. The molecular weight excluding hydrogens is 218 g/mol. The SMILES string of the molecule is CC(C)(C)CCCCOC(=O)N1CC[C@@H](O)C1. The number of unbranched alkanes of at least 4 members (excludes halogenated alkanes) is 1. The van der Waals surface area contributed by atoms with Gasteiger partial charge in [-0.05, 0) is 31.1 Å². The molecule has 1 aliphatic heterocycles. The second kappa shape index (κ2) is 6.24. The van der Waals surface area contributed by atoms with Crippen LogP contribution >= 0.6 is 0 Å². The average molecular weight is 243 g/mol. The van der Waals surface area contributed by atoms with Crippen LogP contribution in [0.1, 0.15) is 46.5 Å². The van der Waals surface area contributed by atoms with E-state index in [1.165, 1.54) is 0 Å². The van der Waals surface area contributed by atoms with E-state index in [9.17, 15) is 9.90 Å². The molecule has 0 unspecified atom stereocenters. The summed E-state index contributed by atoms with van der Waals surface area (Å²) in [5.41, 5.74) is 0.350. The van der Waals surface area contributed by atoms with Gasteiger partial charge in [0.2, 0.25) is 0 Å². The van der Waals surface area contributed by atoms with Crippen molar-refractivity contribution in [1.29, 1.82) is 0 Å². The maximum absolute atomic E-state index is 11.5. The third-order valence-electron chi connectivity index (χ3n) is 2.97. The number of carbonyl (C=O) groups excluding carboxylic acids is 1. The summed E-state index contributed by atoms with van der Waals surface area (Å²) in [4.78, 5) is 13.1. The van der Waals surface area contributed by atoms with Crippen molar-refractivity contribution < 1.29 is 14.6 Å². The molecule has 100 valence electrons. The summed E-state index contributed by atoms with van der Waals surface area (Å²) in [6, 6.07) is 0. The van der Waals surface area contributed by atoms with E-state index in [1.807, 2.05) is 0 Å². The summed E-state index contributed by atoms with van der Waals surface area (Å²) in [7, 11) is 0. The lowest BCUT2D eigenvalue weighted by Crippen LogP contribution is -2.30. The van der Waals surface area contributed by atoms with E-state index >= 15 is 0 Å². The van der Waals surface area contributed by atoms with Gasteiger partial charge in [0.1, 0.15) is 0 Å². The van der Waals surface area contributed by atoms with Gasteiger partial charge in [-0.1, -0.05) is 20.8 Å². The van der Waals surface area contributed by atoms with Crippen molar-refractivity contribution in [3.63, 3.8) is 0 Å². The van der Waals surface area contributed by atoms with Gasteiger partial charge >= 0.3 is 6.09 Å². The standard InChI is InChI=1S/C13H25NO3/c1-13(2,3)7-4-5-9-17-12(16)14-8-6-11(15)10-14/h11,15H,4-10H2,1-3H3/t11-/m1/s1. The van der Waals surface area contributed by atoms with E-state index < -0.39 is 0 Å². The van der Waals surface area contributed by atoms with Gasteiger partial charge < -0.3 is 14.7 Å². The number of hydrogen-bond acceptors (Lipinski definition) is 3. The van der Waals surface area contributed by atoms with E-state index in [0.29, 0.717) is 31.5 Å². The van der Waals surface area contributed by atoms with Crippen LogP contribution in [-0.4, -0.2) is 41.9 Å². The van der Waals surface area contributed by atoms with E-state index in [2.05, 4.69) is 20.8 Å². The number of rotatable bonds is 4. The number of amides is 1. The van der Waals surface area contributed by atoms with Crippen LogP contribution in [0.4, 0.5) is 4.79 Å². The molecule has 1 aliphatic rings. The molecule has 1 atom stereocenters. The molecule has 17 heavy (non-hydrogen) atoms. The number of aliphatic hydroxyl groups excluding tert-OH is 1. The lowest BCUT2D eigenvalue weighted by Gasteiger charge is -2.18. The Morgan fingerprint density at radius 1 is 1.41 bits per heavy atom. The molecule has 1 N–H and O–H groups in total. The summed E-state index contributed by atoms with van der Waals surface area (Å²) < 4.78 is 5.16. The maximum Gasteiger partial charge on any atom is 0.409 e. The smallest absolute Gasteiger partial charge is 0.409 e. The van der Waals surface area contributed by atoms with Gasteiger partial charge in [0.25, 0.3) is 0 Å². The van der Waals surface area contributed by atoms with Crippen molar-refractivity contribution >= 4 is 6.09 Å². The number of β-amino-alcohol motifs (C(OH)–C–C–N with tert-alkyl or cyclic N) is 1. The molecule has 0 bridgehead atoms. The minimum Gasteiger partial charge on any atom is -0.449 e. The molecule has 0 aliphatic carbocycles. The number of hydrogen-bond donors (Lipinski definition) is 1. The fourth-order valence-electron chi connectivity index (χ4n) is 1.92. The number of nitrogens with zero attached hydrogens (tertiary/aromatic N) is 1. The molecule has 4 nitrogen and oxygen atoms in total. The van der Waals surface area contributed by atoms with Gasteiger partial charge in [-0.15, -0.1) is 0 Å². The Labute approximate surface area is 104 Å². The van der Waals surface area contributed by atoms with E-state index in [1.54, 1.807) is 4.90 Å². The van der Waals surface area contributed by atoms with Crippen molar-refractivity contribution in [3.05, 3.63) is 0 Å². The zero-order valence-electron chi connectivity index (χ0n) is 11.2. The predicted molar refractivity (Wildman–Crippen MR) is 66.9 cm³/mol. The van der Waals surface area contributed by atoms with Crippen LogP contribution < -0.4 is 0 Å². The highest BCUT2D eigenvalue weighted by atomic mass is 16.6. The van der Waals surface area contributed by atoms with E-state index in [4.69, 9.17) is 4.74 Å². The normalized spacial score (nSPS) is 20.7. The molecule has 0 aromatic carbocycles. The highest BCUT2D eigenvalue weighted by Gasteiger charge is 2.25. The molecule has 1 heterocycles. The maximum atomic E-state index is 11.5. The molecule has 0 aromatic rings. The Bertz CT molecular complexity index is 248. The Morgan fingerprint density at radius 2 is 2.12 bits per heavy atom. The second-order valence-electron chi connectivity index (χ2n) is 6.02. The van der Waals surface area contributed by atoms with Crippen molar-refractivity contribution in [2.24, 2.45) is 5.41 Å². The number of ether oxygens (including phenoxy) is 1. The fraction of sp³-hybridized carbons (Fsp3) is 0.923. The Hall–Kier alpha value is -0.770. The van der Waals surface area contributed by atoms with Crippen molar-refractivity contribution in [1.82, 2.24) is 4.90 Å². The zero-order valence-corrected chi connectivity index (χ0v) is 11.2. The van der Waals surface area contributed by atoms with Crippen LogP contribution in [0.3, 0.4) is 0 Å². The molecule has 1 amide bonds. The van der Waals surface area contributed by atoms with Crippen LogP contribution in [-0.2, 0) is 4.74 Å². The third-order valence-corrected chi connectivity index (χ3v) is 2.97. The van der Waals surface area contributed by atoms with Crippen LogP contribution in [0.2, 0.25) is 0 Å². The number of aliphatic hydroxyl groups is 1. The number of likely N-dealkylation sites (tertiary alicyclic amines) is 1. The van der Waals surface area contributed by atoms with Crippen LogP contribution in [0.15, 0.2) is 0 Å². The summed E-state index contributed by atoms with van der Waals surface area (Å²) in [6.45, 7) is 8.16. The van der Waals surface area contributed by atoms with Crippen LogP contribution in [0, 0.1) is 5.41 Å². The molecule has 1 rings (SSSR count). The topological polar surface area (TPSA) is 49.8 Å². The van der Waals surface area contributed by atoms with Crippen molar-refractivity contribution in [2.45, 2.75) is 52.6 Å². The van der Waals surface area contributed by atoms with Gasteiger partial charge in [-0.25, -0.2) is 4.79 Å². The first-order valence-corrected chi connectivity index (χ1v) is 6.48. The lowest BCUT2D eigenvalue weighted by atomic mass is 9.90. The van der Waals surface area contributed by atoms with Crippen LogP contribution in [0.25, 0.3) is 0 Å². The summed E-state index contributed by atoms with van der Waals surface area (Å²) in [6.07, 6.45) is 3.16. The van der Waals surface area contributed by atoms with Gasteiger partial charge in [-0.3, -0.25) is 0 Å². The molecule has 0 radical (unpaired) electrons. The first-order chi connectivity index (χ1) is 7.88. The summed E-state index contributed by atoms with van der Waals surface area (Å²) in [5, 5.41) is 9.30. The minimum atomic E-state index is -0.372. The summed E-state index contributed by atoms with van der Waals surface area (Å²) >= 11 is 0. The molecule has 0 saturated carbocycles. The molecule has 1 saturated heterocycles. The van der Waals surface area contributed by atoms with E-state index in [-0.39, 0.29) is 12.2 Å². The second-order valence-corrected chi connectivity index (χ2v) is 6.02. The molecular formula is C13H25NO3. The van der Waals surface area contributed by atoms with Crippen molar-refractivity contribution in [3.8, 4) is 0 Å². The molecule has 4 heteroatoms. The van der Waals surface area contributed by atoms with Gasteiger partial charge in [0, 0.05) is 13.1 Å². The highest BCUT2D eigenvalue weighted by Crippen LogP contribution is 2.21. The first-order valence-electron chi connectivity index (χ1n) is 6.48. The quantitative estimate of drug-likeness (QED) is 0.771. The minimum absolute atomic E-state index is 0.280. The van der Waals surface area contributed by atoms with Crippen LogP contribution in [0.5, 0.6) is 0 Å². The highest BCUT2D eigenvalue weighted by molar-refractivity contribution is 5.67. The zero-order chi connectivity index (χ0) is 12.9. The van der Waals surface area contributed by atoms with Gasteiger partial charge in [0.15, 0.2) is 0 Å². The Kier molecular flexibility index (Phi) is 5.25. The number of carbonyl (C=O) groups is 1. The van der Waals surface area contributed by atoms with E-state index in [0.717, 1.165) is 19.3 Å². The van der Waals surface area contributed by atoms with Crippen molar-refractivity contribution in [2.75, 3.05) is 19.7 Å². The molecule has 0 aromatic heterocycles. The molecule has 0 spiro atoms. The Morgan fingerprint density at radius 3 is 2.65 bits per heavy atom. The monoisotopic (exact) mass is 243 g/mol. The summed E-state index contributed by atoms with van der Waals surface area (Å²) in [5.74, 6) is 0. The van der Waals surface area contributed by atoms with Gasteiger partial charge in [0.05, 0.1) is 12.7 Å². The first kappa shape index (κ1) is 14.3. The molecule has 1 fully saturated rings. The largest absolute Gasteiger partial charge is 0.449 e. The Balaban J connectivity index is 2.05. The lowest BCUT2D eigenvalue weighted by molar-refractivity contribution is 0.100. The van der Waals surface area contributed by atoms with Gasteiger partial charge in [-0.2, -0.15) is 0 Å². The fourth-order valence-corrected chi connectivity index (χ4v) is 1.92.